The highest BCUT2D eigenvalue weighted by Crippen LogP contribution is 2.21. The molecule has 0 spiro atoms. The van der Waals surface area contributed by atoms with Crippen LogP contribution >= 0.6 is 11.6 Å². The molecule has 2 aromatic rings. The highest BCUT2D eigenvalue weighted by molar-refractivity contribution is 7.88. The Morgan fingerprint density at radius 2 is 1.83 bits per heavy atom. The molecule has 2 aromatic carbocycles. The van der Waals surface area contributed by atoms with Gasteiger partial charge in [0, 0.05) is 17.1 Å². The third-order valence-corrected chi connectivity index (χ3v) is 5.55. The first kappa shape index (κ1) is 18.9. The normalized spacial score (nSPS) is 11.7. The van der Waals surface area contributed by atoms with Gasteiger partial charge in [-0.1, -0.05) is 49.7 Å². The smallest absolute Gasteiger partial charge is 0.212 e. The Morgan fingerprint density at radius 1 is 1.08 bits per heavy atom. The zero-order chi connectivity index (χ0) is 17.7. The van der Waals surface area contributed by atoms with Crippen LogP contribution in [0.4, 0.5) is 4.39 Å². The van der Waals surface area contributed by atoms with Crippen molar-refractivity contribution in [1.29, 1.82) is 0 Å². The van der Waals surface area contributed by atoms with E-state index >= 15 is 0 Å². The standard InChI is InChI=1S/C18H21ClFNO2S/c1-3-13-8-9-14(4-2)15(10-13)11-21-24(22,23)12-16-17(19)6-5-7-18(16)20/h5-10,21H,3-4,11-12H2,1-2H3. The fraction of sp³-hybridized carbons (Fsp3) is 0.333. The van der Waals surface area contributed by atoms with Crippen LogP contribution in [0.1, 0.15) is 36.1 Å². The van der Waals surface area contributed by atoms with Gasteiger partial charge in [-0.25, -0.2) is 17.5 Å². The van der Waals surface area contributed by atoms with Crippen LogP contribution in [-0.4, -0.2) is 8.42 Å². The van der Waals surface area contributed by atoms with Crippen LogP contribution in [0.25, 0.3) is 0 Å². The molecule has 0 unspecified atom stereocenters. The van der Waals surface area contributed by atoms with E-state index in [0.29, 0.717) is 0 Å². The maximum Gasteiger partial charge on any atom is 0.216 e. The quantitative estimate of drug-likeness (QED) is 0.794. The maximum atomic E-state index is 13.8. The lowest BCUT2D eigenvalue weighted by molar-refractivity contribution is 0.574. The van der Waals surface area contributed by atoms with Crippen LogP contribution in [0.3, 0.4) is 0 Å². The third kappa shape index (κ3) is 4.79. The van der Waals surface area contributed by atoms with Gasteiger partial charge in [0.25, 0.3) is 0 Å². The fourth-order valence-electron chi connectivity index (χ4n) is 2.51. The number of aryl methyl sites for hydroxylation is 2. The van der Waals surface area contributed by atoms with Crippen molar-refractivity contribution >= 4 is 21.6 Å². The highest BCUT2D eigenvalue weighted by Gasteiger charge is 2.17. The first-order valence-corrected chi connectivity index (χ1v) is 9.90. The summed E-state index contributed by atoms with van der Waals surface area (Å²) in [5.41, 5.74) is 3.18. The summed E-state index contributed by atoms with van der Waals surface area (Å²) in [6.45, 7) is 4.26. The fourth-order valence-corrected chi connectivity index (χ4v) is 3.97. The summed E-state index contributed by atoms with van der Waals surface area (Å²) >= 11 is 5.91. The van der Waals surface area contributed by atoms with Gasteiger partial charge < -0.3 is 0 Å². The van der Waals surface area contributed by atoms with Gasteiger partial charge in [0.15, 0.2) is 0 Å². The van der Waals surface area contributed by atoms with E-state index in [0.717, 1.165) is 29.5 Å². The molecular weight excluding hydrogens is 349 g/mol. The molecular formula is C18H21ClFNO2S. The summed E-state index contributed by atoms with van der Waals surface area (Å²) in [4.78, 5) is 0. The molecule has 0 aliphatic rings. The van der Waals surface area contributed by atoms with Gasteiger partial charge in [0.2, 0.25) is 10.0 Å². The third-order valence-electron chi connectivity index (χ3n) is 3.94. The Bertz CT molecular complexity index is 802. The minimum absolute atomic E-state index is 0.00955. The SMILES string of the molecule is CCc1ccc(CC)c(CNS(=O)(=O)Cc2c(F)cccc2Cl)c1. The van der Waals surface area contributed by atoms with Gasteiger partial charge in [-0.2, -0.15) is 0 Å². The molecule has 24 heavy (non-hydrogen) atoms. The van der Waals surface area contributed by atoms with Crippen LogP contribution in [0.2, 0.25) is 5.02 Å². The van der Waals surface area contributed by atoms with Gasteiger partial charge in [-0.3, -0.25) is 0 Å². The van der Waals surface area contributed by atoms with E-state index in [1.165, 1.54) is 18.2 Å². The van der Waals surface area contributed by atoms with Crippen molar-refractivity contribution in [2.75, 3.05) is 0 Å². The van der Waals surface area contributed by atoms with Crippen molar-refractivity contribution < 1.29 is 12.8 Å². The number of hydrogen-bond donors (Lipinski definition) is 1. The Morgan fingerprint density at radius 3 is 2.46 bits per heavy atom. The first-order valence-electron chi connectivity index (χ1n) is 7.87. The van der Waals surface area contributed by atoms with Crippen molar-refractivity contribution in [3.8, 4) is 0 Å². The van der Waals surface area contributed by atoms with Crippen molar-refractivity contribution in [3.05, 3.63) is 69.5 Å². The molecule has 0 fully saturated rings. The topological polar surface area (TPSA) is 46.2 Å². The Balaban J connectivity index is 2.16. The van der Waals surface area contributed by atoms with E-state index in [4.69, 9.17) is 11.6 Å². The molecule has 1 N–H and O–H groups in total. The monoisotopic (exact) mass is 369 g/mol. The first-order chi connectivity index (χ1) is 11.4. The van der Waals surface area contributed by atoms with Gasteiger partial charge in [0.1, 0.15) is 5.82 Å². The summed E-state index contributed by atoms with van der Waals surface area (Å²) in [5.74, 6) is -1.09. The van der Waals surface area contributed by atoms with Crippen LogP contribution in [0.5, 0.6) is 0 Å². The summed E-state index contributed by atoms with van der Waals surface area (Å²) in [6, 6.07) is 10.2. The van der Waals surface area contributed by atoms with E-state index in [1.807, 2.05) is 19.1 Å². The van der Waals surface area contributed by atoms with Crippen LogP contribution < -0.4 is 4.72 Å². The molecule has 0 atom stereocenters. The average Bonchev–Trinajstić information content (AvgIpc) is 2.56. The highest BCUT2D eigenvalue weighted by atomic mass is 35.5. The molecule has 0 heterocycles. The molecule has 0 aromatic heterocycles. The molecule has 0 saturated heterocycles. The van der Waals surface area contributed by atoms with E-state index < -0.39 is 21.6 Å². The Hall–Kier alpha value is -1.43. The van der Waals surface area contributed by atoms with Crippen molar-refractivity contribution in [1.82, 2.24) is 4.72 Å². The number of sulfonamides is 1. The van der Waals surface area contributed by atoms with Crippen LogP contribution in [0, 0.1) is 5.82 Å². The molecule has 130 valence electrons. The zero-order valence-electron chi connectivity index (χ0n) is 13.8. The van der Waals surface area contributed by atoms with Crippen molar-refractivity contribution in [3.63, 3.8) is 0 Å². The van der Waals surface area contributed by atoms with Crippen molar-refractivity contribution in [2.24, 2.45) is 0 Å². The zero-order valence-corrected chi connectivity index (χ0v) is 15.3. The number of rotatable bonds is 7. The van der Waals surface area contributed by atoms with E-state index in [2.05, 4.69) is 17.7 Å². The van der Waals surface area contributed by atoms with Crippen molar-refractivity contribution in [2.45, 2.75) is 39.0 Å². The van der Waals surface area contributed by atoms with Gasteiger partial charge >= 0.3 is 0 Å². The van der Waals surface area contributed by atoms with Gasteiger partial charge in [0.05, 0.1) is 5.75 Å². The number of hydrogen-bond acceptors (Lipinski definition) is 2. The van der Waals surface area contributed by atoms with E-state index in [1.54, 1.807) is 0 Å². The second-order valence-electron chi connectivity index (χ2n) is 5.59. The van der Waals surface area contributed by atoms with Crippen LogP contribution in [0.15, 0.2) is 36.4 Å². The molecule has 2 rings (SSSR count). The minimum Gasteiger partial charge on any atom is -0.212 e. The largest absolute Gasteiger partial charge is 0.216 e. The maximum absolute atomic E-state index is 13.8. The lowest BCUT2D eigenvalue weighted by Crippen LogP contribution is -2.25. The molecule has 0 radical (unpaired) electrons. The summed E-state index contributed by atoms with van der Waals surface area (Å²) in [5, 5.41) is 0.114. The summed E-state index contributed by atoms with van der Waals surface area (Å²) < 4.78 is 40.9. The number of benzene rings is 2. The lowest BCUT2D eigenvalue weighted by atomic mass is 10.0. The van der Waals surface area contributed by atoms with Gasteiger partial charge in [-0.05, 0) is 41.7 Å². The predicted octanol–water partition coefficient (Wildman–Crippen LogP) is 4.22. The Kier molecular flexibility index (Phi) is 6.38. The molecule has 0 bridgehead atoms. The average molecular weight is 370 g/mol. The number of nitrogens with one attached hydrogen (secondary N) is 1. The summed E-state index contributed by atoms with van der Waals surface area (Å²) in [6.07, 6.45) is 1.70. The molecule has 0 aliphatic carbocycles. The predicted molar refractivity (Wildman–Crippen MR) is 96.1 cm³/mol. The minimum atomic E-state index is -3.70. The van der Waals surface area contributed by atoms with E-state index in [9.17, 15) is 12.8 Å². The van der Waals surface area contributed by atoms with Crippen LogP contribution in [-0.2, 0) is 35.2 Å². The molecule has 0 aliphatic heterocycles. The molecule has 0 saturated carbocycles. The second-order valence-corrected chi connectivity index (χ2v) is 7.80. The lowest BCUT2D eigenvalue weighted by Gasteiger charge is -2.12. The molecule has 3 nitrogen and oxygen atoms in total. The second kappa shape index (κ2) is 8.10. The van der Waals surface area contributed by atoms with Gasteiger partial charge in [-0.15, -0.1) is 0 Å². The molecule has 0 amide bonds. The summed E-state index contributed by atoms with van der Waals surface area (Å²) in [7, 11) is -3.70. The Labute approximate surface area is 147 Å². The number of halogens is 2. The molecule has 6 heteroatoms. The van der Waals surface area contributed by atoms with E-state index in [-0.39, 0.29) is 17.1 Å².